The van der Waals surface area contributed by atoms with E-state index in [0.717, 1.165) is 17.7 Å². The fourth-order valence-electron chi connectivity index (χ4n) is 1.13. The molecule has 0 aliphatic rings. The molecular weight excluding hydrogens is 172 g/mol. The Labute approximate surface area is 86.4 Å². The zero-order valence-electron chi connectivity index (χ0n) is 8.70. The van der Waals surface area contributed by atoms with E-state index in [-0.39, 0.29) is 0 Å². The summed E-state index contributed by atoms with van der Waals surface area (Å²) in [5.74, 6) is 0.888. The smallest absolute Gasteiger partial charge is 0.120 e. The zero-order chi connectivity index (χ0) is 10.2. The molecular formula is C13H17O. The van der Waals surface area contributed by atoms with E-state index in [1.807, 2.05) is 24.3 Å². The Balaban J connectivity index is 2.31. The molecule has 0 atom stereocenters. The van der Waals surface area contributed by atoms with Crippen LogP contribution in [0.15, 0.2) is 36.4 Å². The van der Waals surface area contributed by atoms with Crippen molar-refractivity contribution in [2.45, 2.75) is 19.8 Å². The van der Waals surface area contributed by atoms with E-state index in [2.05, 4.69) is 26.0 Å². The molecule has 0 aromatic heterocycles. The third-order valence-electron chi connectivity index (χ3n) is 1.87. The summed E-state index contributed by atoms with van der Waals surface area (Å²) in [6.45, 7) is 6.65. The van der Waals surface area contributed by atoms with Crippen molar-refractivity contribution in [1.82, 2.24) is 0 Å². The van der Waals surface area contributed by atoms with Crippen molar-refractivity contribution < 1.29 is 4.74 Å². The highest BCUT2D eigenvalue weighted by atomic mass is 16.5. The van der Waals surface area contributed by atoms with Gasteiger partial charge in [0.25, 0.3) is 0 Å². The van der Waals surface area contributed by atoms with Gasteiger partial charge in [-0.15, -0.1) is 0 Å². The molecule has 1 radical (unpaired) electrons. The Morgan fingerprint density at radius 3 is 2.93 bits per heavy atom. The van der Waals surface area contributed by atoms with Gasteiger partial charge in [0.2, 0.25) is 0 Å². The summed E-state index contributed by atoms with van der Waals surface area (Å²) in [4.78, 5) is 0. The van der Waals surface area contributed by atoms with E-state index in [1.54, 1.807) is 0 Å². The molecule has 0 fully saturated rings. The third-order valence-corrected chi connectivity index (χ3v) is 1.87. The normalized spacial score (nSPS) is 10.7. The largest absolute Gasteiger partial charge is 0.490 e. The first-order valence-corrected chi connectivity index (χ1v) is 5.02. The number of unbranched alkanes of at least 4 members (excludes halogenated alkanes) is 1. The first-order valence-electron chi connectivity index (χ1n) is 5.02. The van der Waals surface area contributed by atoms with E-state index in [1.165, 1.54) is 6.42 Å². The van der Waals surface area contributed by atoms with Gasteiger partial charge in [0.15, 0.2) is 0 Å². The van der Waals surface area contributed by atoms with Crippen molar-refractivity contribution in [3.8, 4) is 5.75 Å². The second-order valence-corrected chi connectivity index (χ2v) is 3.22. The molecule has 1 nitrogen and oxygen atoms in total. The van der Waals surface area contributed by atoms with Gasteiger partial charge in [-0.2, -0.15) is 0 Å². The second kappa shape index (κ2) is 6.25. The van der Waals surface area contributed by atoms with Crippen molar-refractivity contribution in [2.75, 3.05) is 6.61 Å². The minimum atomic E-state index is 0.642. The highest BCUT2D eigenvalue weighted by molar-refractivity contribution is 5.30. The number of rotatable bonds is 5. The standard InChI is InChI=1S/C13H17O/c1-3-4-5-6-10-14-13-9-7-8-12(2)11-13/h5-9,11H,2-4,10H2,1H3/b6-5+. The maximum Gasteiger partial charge on any atom is 0.120 e. The van der Waals surface area contributed by atoms with Crippen LogP contribution < -0.4 is 4.74 Å². The average Bonchev–Trinajstić information content (AvgIpc) is 2.18. The summed E-state index contributed by atoms with van der Waals surface area (Å²) in [7, 11) is 0. The highest BCUT2D eigenvalue weighted by Gasteiger charge is 1.90. The monoisotopic (exact) mass is 189 g/mol. The lowest BCUT2D eigenvalue weighted by Gasteiger charge is -2.03. The molecule has 75 valence electrons. The van der Waals surface area contributed by atoms with Crippen LogP contribution in [0.4, 0.5) is 0 Å². The summed E-state index contributed by atoms with van der Waals surface area (Å²) in [6, 6.07) is 7.79. The summed E-state index contributed by atoms with van der Waals surface area (Å²) < 4.78 is 5.51. The zero-order valence-corrected chi connectivity index (χ0v) is 8.70. The van der Waals surface area contributed by atoms with Crippen LogP contribution in [0, 0.1) is 6.92 Å². The summed E-state index contributed by atoms with van der Waals surface area (Å²) >= 11 is 0. The van der Waals surface area contributed by atoms with Crippen LogP contribution in [-0.4, -0.2) is 6.61 Å². The van der Waals surface area contributed by atoms with Crippen LogP contribution in [-0.2, 0) is 0 Å². The molecule has 0 aliphatic heterocycles. The van der Waals surface area contributed by atoms with E-state index in [0.29, 0.717) is 6.61 Å². The lowest BCUT2D eigenvalue weighted by atomic mass is 10.2. The van der Waals surface area contributed by atoms with Crippen LogP contribution in [0.1, 0.15) is 25.3 Å². The van der Waals surface area contributed by atoms with Crippen molar-refractivity contribution in [2.24, 2.45) is 0 Å². The predicted octanol–water partition coefficient (Wildman–Crippen LogP) is 3.60. The first-order chi connectivity index (χ1) is 6.83. The summed E-state index contributed by atoms with van der Waals surface area (Å²) in [5.41, 5.74) is 0.986. The lowest BCUT2D eigenvalue weighted by Crippen LogP contribution is -1.93. The van der Waals surface area contributed by atoms with Crippen LogP contribution in [0.25, 0.3) is 0 Å². The second-order valence-electron chi connectivity index (χ2n) is 3.22. The van der Waals surface area contributed by atoms with Crippen molar-refractivity contribution >= 4 is 0 Å². The SMILES string of the molecule is [CH2]c1cccc(OC/C=C/CCC)c1. The van der Waals surface area contributed by atoms with Gasteiger partial charge in [-0.25, -0.2) is 0 Å². The van der Waals surface area contributed by atoms with Gasteiger partial charge in [-0.05, 0) is 31.0 Å². The van der Waals surface area contributed by atoms with E-state index in [9.17, 15) is 0 Å². The van der Waals surface area contributed by atoms with Crippen molar-refractivity contribution in [3.05, 3.63) is 48.9 Å². The fourth-order valence-corrected chi connectivity index (χ4v) is 1.13. The Hall–Kier alpha value is -1.24. The molecule has 1 aromatic carbocycles. The van der Waals surface area contributed by atoms with Crippen LogP contribution >= 0.6 is 0 Å². The molecule has 0 unspecified atom stereocenters. The maximum absolute atomic E-state index is 5.51. The van der Waals surface area contributed by atoms with Crippen LogP contribution in [0.3, 0.4) is 0 Å². The minimum Gasteiger partial charge on any atom is -0.490 e. The Kier molecular flexibility index (Phi) is 4.84. The fraction of sp³-hybridized carbons (Fsp3) is 0.308. The lowest BCUT2D eigenvalue weighted by molar-refractivity contribution is 0.362. The molecule has 1 rings (SSSR count). The topological polar surface area (TPSA) is 9.23 Å². The van der Waals surface area contributed by atoms with E-state index < -0.39 is 0 Å². The van der Waals surface area contributed by atoms with Gasteiger partial charge in [-0.1, -0.05) is 37.6 Å². The molecule has 0 saturated carbocycles. The van der Waals surface area contributed by atoms with Gasteiger partial charge in [-0.3, -0.25) is 0 Å². The first kappa shape index (κ1) is 10.8. The third kappa shape index (κ3) is 4.13. The average molecular weight is 189 g/mol. The van der Waals surface area contributed by atoms with Gasteiger partial charge < -0.3 is 4.74 Å². The molecule has 1 aromatic rings. The van der Waals surface area contributed by atoms with Crippen molar-refractivity contribution in [3.63, 3.8) is 0 Å². The van der Waals surface area contributed by atoms with Crippen molar-refractivity contribution in [1.29, 1.82) is 0 Å². The molecule has 14 heavy (non-hydrogen) atoms. The number of hydrogen-bond donors (Lipinski definition) is 0. The summed E-state index contributed by atoms with van der Waals surface area (Å²) in [5, 5.41) is 0. The van der Waals surface area contributed by atoms with Gasteiger partial charge in [0.05, 0.1) is 0 Å². The number of benzene rings is 1. The van der Waals surface area contributed by atoms with Gasteiger partial charge in [0, 0.05) is 0 Å². The Morgan fingerprint density at radius 1 is 1.36 bits per heavy atom. The molecule has 0 aliphatic carbocycles. The predicted molar refractivity (Wildman–Crippen MR) is 60.4 cm³/mol. The highest BCUT2D eigenvalue weighted by Crippen LogP contribution is 2.11. The van der Waals surface area contributed by atoms with Crippen LogP contribution in [0.5, 0.6) is 5.75 Å². The number of allylic oxidation sites excluding steroid dienone is 1. The molecule has 0 spiro atoms. The molecule has 0 saturated heterocycles. The van der Waals surface area contributed by atoms with E-state index in [4.69, 9.17) is 4.74 Å². The van der Waals surface area contributed by atoms with E-state index >= 15 is 0 Å². The minimum absolute atomic E-state index is 0.642. The van der Waals surface area contributed by atoms with Crippen LogP contribution in [0.2, 0.25) is 0 Å². The molecule has 0 N–H and O–H groups in total. The number of ether oxygens (including phenoxy) is 1. The molecule has 1 heteroatoms. The number of hydrogen-bond acceptors (Lipinski definition) is 1. The maximum atomic E-state index is 5.51. The van der Waals surface area contributed by atoms with Gasteiger partial charge in [0.1, 0.15) is 12.4 Å². The molecule has 0 amide bonds. The molecule has 0 heterocycles. The van der Waals surface area contributed by atoms with Gasteiger partial charge >= 0.3 is 0 Å². The summed E-state index contributed by atoms with van der Waals surface area (Å²) in [6.07, 6.45) is 6.51. The Morgan fingerprint density at radius 2 is 2.21 bits per heavy atom. The quantitative estimate of drug-likeness (QED) is 0.643. The Bertz CT molecular complexity index is 289. The molecule has 0 bridgehead atoms.